The first-order chi connectivity index (χ1) is 9.94. The zero-order valence-electron chi connectivity index (χ0n) is 12.5. The molecule has 1 unspecified atom stereocenters. The smallest absolute Gasteiger partial charge is 0.152 e. The predicted octanol–water partition coefficient (Wildman–Crippen LogP) is 1.41. The monoisotopic (exact) mass is 312 g/mol. The minimum Gasteiger partial charge on any atom is -0.468 e. The van der Waals surface area contributed by atoms with Gasteiger partial charge in [-0.1, -0.05) is 0 Å². The van der Waals surface area contributed by atoms with E-state index < -0.39 is 9.84 Å². The number of sulfone groups is 1. The maximum absolute atomic E-state index is 11.7. The van der Waals surface area contributed by atoms with Crippen LogP contribution in [0, 0.1) is 0 Å². The molecule has 3 heterocycles. The van der Waals surface area contributed by atoms with Gasteiger partial charge in [0.25, 0.3) is 0 Å². The first kappa shape index (κ1) is 15.1. The van der Waals surface area contributed by atoms with Gasteiger partial charge >= 0.3 is 0 Å². The Morgan fingerprint density at radius 1 is 1.43 bits per heavy atom. The number of furan rings is 1. The van der Waals surface area contributed by atoms with E-state index in [4.69, 9.17) is 4.42 Å². The normalized spacial score (nSPS) is 30.7. The standard InChI is InChI=1S/C15H24N2O3S/c1-15(6-10-21(18,19)12-15)16-13-4-7-17(8-5-13)11-14-3-2-9-20-14/h2-3,9,13,16H,4-8,10-12H2,1H3. The van der Waals surface area contributed by atoms with Crippen LogP contribution in [0.3, 0.4) is 0 Å². The molecule has 118 valence electrons. The number of rotatable bonds is 4. The summed E-state index contributed by atoms with van der Waals surface area (Å²) in [6.07, 6.45) is 4.58. The average molecular weight is 312 g/mol. The van der Waals surface area contributed by atoms with Gasteiger partial charge in [0, 0.05) is 24.7 Å². The van der Waals surface area contributed by atoms with Crippen LogP contribution in [0.5, 0.6) is 0 Å². The van der Waals surface area contributed by atoms with Crippen molar-refractivity contribution < 1.29 is 12.8 Å². The van der Waals surface area contributed by atoms with Crippen molar-refractivity contribution in [3.8, 4) is 0 Å². The highest BCUT2D eigenvalue weighted by atomic mass is 32.2. The van der Waals surface area contributed by atoms with Crippen LogP contribution in [0.15, 0.2) is 22.8 Å². The minimum atomic E-state index is -2.84. The van der Waals surface area contributed by atoms with Gasteiger partial charge in [0.1, 0.15) is 5.76 Å². The molecule has 2 aliphatic rings. The van der Waals surface area contributed by atoms with E-state index in [0.717, 1.165) is 44.7 Å². The second-order valence-electron chi connectivity index (χ2n) is 6.68. The van der Waals surface area contributed by atoms with Gasteiger partial charge in [-0.3, -0.25) is 4.90 Å². The highest BCUT2D eigenvalue weighted by Gasteiger charge is 2.39. The molecule has 0 saturated carbocycles. The lowest BCUT2D eigenvalue weighted by atomic mass is 9.96. The maximum atomic E-state index is 11.7. The van der Waals surface area contributed by atoms with E-state index in [0.29, 0.717) is 11.8 Å². The summed E-state index contributed by atoms with van der Waals surface area (Å²) in [4.78, 5) is 2.39. The summed E-state index contributed by atoms with van der Waals surface area (Å²) >= 11 is 0. The molecule has 0 aliphatic carbocycles. The SMILES string of the molecule is CC1(NC2CCN(Cc3ccco3)CC2)CCS(=O)(=O)C1. The fourth-order valence-corrected chi connectivity index (χ4v) is 5.58. The van der Waals surface area contributed by atoms with Gasteiger partial charge in [-0.05, 0) is 38.3 Å². The third kappa shape index (κ3) is 3.87. The van der Waals surface area contributed by atoms with Crippen molar-refractivity contribution in [3.05, 3.63) is 24.2 Å². The lowest BCUT2D eigenvalue weighted by molar-refractivity contribution is 0.163. The topological polar surface area (TPSA) is 62.6 Å². The highest BCUT2D eigenvalue weighted by molar-refractivity contribution is 7.91. The summed E-state index contributed by atoms with van der Waals surface area (Å²) in [6.45, 7) is 4.97. The number of hydrogen-bond acceptors (Lipinski definition) is 5. The fraction of sp³-hybridized carbons (Fsp3) is 0.733. The molecule has 0 bridgehead atoms. The average Bonchev–Trinajstić information content (AvgIpc) is 3.00. The van der Waals surface area contributed by atoms with Crippen LogP contribution >= 0.6 is 0 Å². The number of hydrogen-bond donors (Lipinski definition) is 1. The van der Waals surface area contributed by atoms with Crippen molar-refractivity contribution in [2.75, 3.05) is 24.6 Å². The van der Waals surface area contributed by atoms with E-state index in [1.165, 1.54) is 0 Å². The second kappa shape index (κ2) is 5.74. The quantitative estimate of drug-likeness (QED) is 0.911. The first-order valence-electron chi connectivity index (χ1n) is 7.67. The number of piperidine rings is 1. The van der Waals surface area contributed by atoms with Gasteiger partial charge in [-0.15, -0.1) is 0 Å². The summed E-state index contributed by atoms with van der Waals surface area (Å²) in [5, 5.41) is 3.60. The van der Waals surface area contributed by atoms with Gasteiger partial charge in [0.05, 0.1) is 24.3 Å². The Kier molecular flexibility index (Phi) is 4.12. The molecule has 1 atom stereocenters. The molecule has 0 amide bonds. The Labute approximate surface area is 126 Å². The summed E-state index contributed by atoms with van der Waals surface area (Å²) in [6, 6.07) is 4.36. The van der Waals surface area contributed by atoms with Gasteiger partial charge in [0.15, 0.2) is 9.84 Å². The zero-order valence-corrected chi connectivity index (χ0v) is 13.4. The first-order valence-corrected chi connectivity index (χ1v) is 9.49. The van der Waals surface area contributed by atoms with Crippen molar-refractivity contribution in [2.24, 2.45) is 0 Å². The zero-order chi connectivity index (χ0) is 14.9. The summed E-state index contributed by atoms with van der Waals surface area (Å²) < 4.78 is 28.7. The van der Waals surface area contributed by atoms with Crippen molar-refractivity contribution >= 4 is 9.84 Å². The Hall–Kier alpha value is -0.850. The molecule has 5 nitrogen and oxygen atoms in total. The van der Waals surface area contributed by atoms with Crippen molar-refractivity contribution in [3.63, 3.8) is 0 Å². The largest absolute Gasteiger partial charge is 0.468 e. The summed E-state index contributed by atoms with van der Waals surface area (Å²) in [7, 11) is -2.84. The Bertz CT molecular complexity index is 562. The molecule has 6 heteroatoms. The predicted molar refractivity (Wildman–Crippen MR) is 81.8 cm³/mol. The van der Waals surface area contributed by atoms with Crippen LogP contribution in [0.4, 0.5) is 0 Å². The molecular weight excluding hydrogens is 288 g/mol. The van der Waals surface area contributed by atoms with Crippen molar-refractivity contribution in [2.45, 2.75) is 44.3 Å². The van der Waals surface area contributed by atoms with Crippen LogP contribution in [-0.2, 0) is 16.4 Å². The molecule has 3 rings (SSSR count). The van der Waals surface area contributed by atoms with Gasteiger partial charge < -0.3 is 9.73 Å². The van der Waals surface area contributed by atoms with E-state index in [-0.39, 0.29) is 11.3 Å². The van der Waals surface area contributed by atoms with Crippen molar-refractivity contribution in [1.82, 2.24) is 10.2 Å². The lowest BCUT2D eigenvalue weighted by Crippen LogP contribution is -2.52. The van der Waals surface area contributed by atoms with Gasteiger partial charge in [-0.25, -0.2) is 8.42 Å². The van der Waals surface area contributed by atoms with Crippen LogP contribution in [0.25, 0.3) is 0 Å². The van der Waals surface area contributed by atoms with E-state index in [1.54, 1.807) is 6.26 Å². The molecule has 21 heavy (non-hydrogen) atoms. The molecule has 2 fully saturated rings. The summed E-state index contributed by atoms with van der Waals surface area (Å²) in [5.41, 5.74) is -0.229. The maximum Gasteiger partial charge on any atom is 0.152 e. The number of likely N-dealkylation sites (tertiary alicyclic amines) is 1. The Morgan fingerprint density at radius 2 is 2.19 bits per heavy atom. The molecule has 2 saturated heterocycles. The number of nitrogens with zero attached hydrogens (tertiary/aromatic N) is 1. The van der Waals surface area contributed by atoms with E-state index in [1.807, 2.05) is 19.1 Å². The molecule has 1 aromatic rings. The molecule has 0 radical (unpaired) electrons. The van der Waals surface area contributed by atoms with E-state index in [9.17, 15) is 8.42 Å². The Balaban J connectivity index is 1.48. The molecule has 1 N–H and O–H groups in total. The van der Waals surface area contributed by atoms with Crippen LogP contribution in [0.1, 0.15) is 31.9 Å². The van der Waals surface area contributed by atoms with Crippen LogP contribution in [-0.4, -0.2) is 49.5 Å². The summed E-state index contributed by atoms with van der Waals surface area (Å²) in [5.74, 6) is 1.62. The fourth-order valence-electron chi connectivity index (χ4n) is 3.48. The third-order valence-corrected chi connectivity index (χ3v) is 6.51. The van der Waals surface area contributed by atoms with Gasteiger partial charge in [-0.2, -0.15) is 0 Å². The molecule has 1 aromatic heterocycles. The van der Waals surface area contributed by atoms with Crippen LogP contribution in [0.2, 0.25) is 0 Å². The molecule has 0 aromatic carbocycles. The van der Waals surface area contributed by atoms with Gasteiger partial charge in [0.2, 0.25) is 0 Å². The lowest BCUT2D eigenvalue weighted by Gasteiger charge is -2.36. The molecule has 0 spiro atoms. The Morgan fingerprint density at radius 3 is 2.76 bits per heavy atom. The van der Waals surface area contributed by atoms with E-state index >= 15 is 0 Å². The molecular formula is C15H24N2O3S. The minimum absolute atomic E-state index is 0.229. The van der Waals surface area contributed by atoms with Crippen molar-refractivity contribution in [1.29, 1.82) is 0 Å². The highest BCUT2D eigenvalue weighted by Crippen LogP contribution is 2.25. The number of nitrogens with one attached hydrogen (secondary N) is 1. The van der Waals surface area contributed by atoms with Crippen LogP contribution < -0.4 is 5.32 Å². The van der Waals surface area contributed by atoms with E-state index in [2.05, 4.69) is 10.2 Å². The second-order valence-corrected chi connectivity index (χ2v) is 8.86. The molecule has 2 aliphatic heterocycles. The third-order valence-electron chi connectivity index (χ3n) is 4.60.